The number of fused-ring (bicyclic) bond motifs is 1. The quantitative estimate of drug-likeness (QED) is 0.856. The van der Waals surface area contributed by atoms with Crippen LogP contribution < -0.4 is 5.56 Å². The first-order valence-corrected chi connectivity index (χ1v) is 5.77. The molecule has 16 heavy (non-hydrogen) atoms. The van der Waals surface area contributed by atoms with Gasteiger partial charge in [0, 0.05) is 6.42 Å². The maximum Gasteiger partial charge on any atom is 0.258 e. The molecule has 0 bridgehead atoms. The summed E-state index contributed by atoms with van der Waals surface area (Å²) in [4.78, 5) is 19.2. The van der Waals surface area contributed by atoms with Crippen molar-refractivity contribution in [3.05, 3.63) is 39.9 Å². The van der Waals surface area contributed by atoms with Gasteiger partial charge in [-0.25, -0.2) is 4.98 Å². The van der Waals surface area contributed by atoms with Gasteiger partial charge in [0.15, 0.2) is 0 Å². The Morgan fingerprint density at radius 1 is 1.31 bits per heavy atom. The van der Waals surface area contributed by atoms with Crippen molar-refractivity contribution in [1.82, 2.24) is 9.97 Å². The molecule has 0 saturated heterocycles. The zero-order valence-electron chi connectivity index (χ0n) is 9.71. The Labute approximate surface area is 94.5 Å². The van der Waals surface area contributed by atoms with E-state index in [1.807, 2.05) is 18.2 Å². The molecule has 0 aliphatic carbocycles. The monoisotopic (exact) mass is 216 g/mol. The number of H-pyrrole nitrogens is 1. The lowest BCUT2D eigenvalue weighted by molar-refractivity contribution is 0.835. The summed E-state index contributed by atoms with van der Waals surface area (Å²) in [5.74, 6) is 0.793. The normalized spacial score (nSPS) is 10.9. The lowest BCUT2D eigenvalue weighted by Crippen LogP contribution is -2.12. The van der Waals surface area contributed by atoms with E-state index in [0.717, 1.165) is 36.2 Å². The molecule has 1 aromatic carbocycles. The maximum atomic E-state index is 11.8. The molecule has 2 aromatic rings. The van der Waals surface area contributed by atoms with Gasteiger partial charge in [0.1, 0.15) is 5.82 Å². The number of aromatic amines is 1. The van der Waals surface area contributed by atoms with Crippen LogP contribution in [0.5, 0.6) is 0 Å². The molecule has 2 rings (SSSR count). The van der Waals surface area contributed by atoms with Crippen molar-refractivity contribution in [2.45, 2.75) is 33.1 Å². The summed E-state index contributed by atoms with van der Waals surface area (Å²) in [6.45, 7) is 4.16. The largest absolute Gasteiger partial charge is 0.310 e. The molecular formula is C13H16N2O. The lowest BCUT2D eigenvalue weighted by Gasteiger charge is -2.05. The molecule has 0 aliphatic heterocycles. The molecule has 0 spiro atoms. The van der Waals surface area contributed by atoms with Gasteiger partial charge in [-0.1, -0.05) is 26.0 Å². The van der Waals surface area contributed by atoms with Gasteiger partial charge in [-0.3, -0.25) is 4.79 Å². The zero-order chi connectivity index (χ0) is 11.5. The Kier molecular flexibility index (Phi) is 3.04. The number of nitrogens with one attached hydrogen (secondary N) is 1. The highest BCUT2D eigenvalue weighted by atomic mass is 16.1. The average Bonchev–Trinajstić information content (AvgIpc) is 2.29. The third-order valence-corrected chi connectivity index (χ3v) is 2.74. The summed E-state index contributed by atoms with van der Waals surface area (Å²) in [5, 5.41) is 0.694. The number of aryl methyl sites for hydroxylation is 2. The van der Waals surface area contributed by atoms with Crippen LogP contribution in [0, 0.1) is 0 Å². The summed E-state index contributed by atoms with van der Waals surface area (Å²) in [5.41, 5.74) is 1.97. The number of hydrogen-bond acceptors (Lipinski definition) is 2. The standard InChI is InChI=1S/C13H16N2O/c1-3-6-11-14-12-9(4-2)7-5-8-10(12)13(16)15-11/h5,7-8H,3-4,6H2,1-2H3,(H,14,15,16). The van der Waals surface area contributed by atoms with Crippen LogP contribution >= 0.6 is 0 Å². The van der Waals surface area contributed by atoms with Crippen LogP contribution in [0.4, 0.5) is 0 Å². The van der Waals surface area contributed by atoms with Gasteiger partial charge in [0.05, 0.1) is 10.9 Å². The SMILES string of the molecule is CCCc1nc2c(CC)cccc2c(=O)[nH]1. The molecule has 1 aromatic heterocycles. The zero-order valence-corrected chi connectivity index (χ0v) is 9.71. The summed E-state index contributed by atoms with van der Waals surface area (Å²) >= 11 is 0. The summed E-state index contributed by atoms with van der Waals surface area (Å²) in [7, 11) is 0. The second-order valence-corrected chi connectivity index (χ2v) is 3.93. The molecule has 1 heterocycles. The Balaban J connectivity index is 2.72. The topological polar surface area (TPSA) is 45.8 Å². The van der Waals surface area contributed by atoms with E-state index in [9.17, 15) is 4.79 Å². The third kappa shape index (κ3) is 1.85. The number of para-hydroxylation sites is 1. The van der Waals surface area contributed by atoms with Crippen LogP contribution in [0.3, 0.4) is 0 Å². The fourth-order valence-corrected chi connectivity index (χ4v) is 1.91. The molecule has 0 atom stereocenters. The Bertz CT molecular complexity index is 557. The van der Waals surface area contributed by atoms with E-state index >= 15 is 0 Å². The van der Waals surface area contributed by atoms with Gasteiger partial charge in [0.25, 0.3) is 5.56 Å². The lowest BCUT2D eigenvalue weighted by atomic mass is 10.1. The highest BCUT2D eigenvalue weighted by Crippen LogP contribution is 2.14. The van der Waals surface area contributed by atoms with Gasteiger partial charge in [-0.05, 0) is 24.5 Å². The number of nitrogens with zero attached hydrogens (tertiary/aromatic N) is 1. The molecule has 3 nitrogen and oxygen atoms in total. The van der Waals surface area contributed by atoms with Crippen LogP contribution in [0.25, 0.3) is 10.9 Å². The van der Waals surface area contributed by atoms with Crippen molar-refractivity contribution >= 4 is 10.9 Å². The molecular weight excluding hydrogens is 200 g/mol. The third-order valence-electron chi connectivity index (χ3n) is 2.74. The molecule has 0 aliphatic rings. The molecule has 84 valence electrons. The van der Waals surface area contributed by atoms with Crippen LogP contribution in [0.1, 0.15) is 31.7 Å². The molecule has 1 N–H and O–H groups in total. The second kappa shape index (κ2) is 4.47. The van der Waals surface area contributed by atoms with Crippen molar-refractivity contribution in [3.63, 3.8) is 0 Å². The maximum absolute atomic E-state index is 11.8. The van der Waals surface area contributed by atoms with Crippen molar-refractivity contribution in [3.8, 4) is 0 Å². The van der Waals surface area contributed by atoms with Crippen LogP contribution in [0.2, 0.25) is 0 Å². The highest BCUT2D eigenvalue weighted by Gasteiger charge is 2.06. The van der Waals surface area contributed by atoms with Gasteiger partial charge in [0.2, 0.25) is 0 Å². The number of rotatable bonds is 3. The minimum absolute atomic E-state index is 0.0243. The van der Waals surface area contributed by atoms with Crippen LogP contribution in [0.15, 0.2) is 23.0 Å². The first-order valence-electron chi connectivity index (χ1n) is 5.77. The molecule has 0 unspecified atom stereocenters. The van der Waals surface area contributed by atoms with Crippen molar-refractivity contribution < 1.29 is 0 Å². The van der Waals surface area contributed by atoms with Crippen molar-refractivity contribution in [1.29, 1.82) is 0 Å². The minimum atomic E-state index is -0.0243. The molecule has 0 radical (unpaired) electrons. The van der Waals surface area contributed by atoms with E-state index in [1.54, 1.807) is 0 Å². The second-order valence-electron chi connectivity index (χ2n) is 3.93. The van der Waals surface area contributed by atoms with E-state index in [-0.39, 0.29) is 5.56 Å². The Morgan fingerprint density at radius 2 is 2.12 bits per heavy atom. The van der Waals surface area contributed by atoms with Gasteiger partial charge in [-0.15, -0.1) is 0 Å². The Morgan fingerprint density at radius 3 is 2.81 bits per heavy atom. The molecule has 3 heteroatoms. The van der Waals surface area contributed by atoms with Crippen molar-refractivity contribution in [2.24, 2.45) is 0 Å². The fraction of sp³-hybridized carbons (Fsp3) is 0.385. The molecule has 0 saturated carbocycles. The van der Waals surface area contributed by atoms with Crippen LogP contribution in [-0.2, 0) is 12.8 Å². The average molecular weight is 216 g/mol. The van der Waals surface area contributed by atoms with Gasteiger partial charge >= 0.3 is 0 Å². The highest BCUT2D eigenvalue weighted by molar-refractivity contribution is 5.80. The van der Waals surface area contributed by atoms with Crippen molar-refractivity contribution in [2.75, 3.05) is 0 Å². The van der Waals surface area contributed by atoms with Gasteiger partial charge < -0.3 is 4.98 Å². The summed E-state index contributed by atoms with van der Waals surface area (Å²) < 4.78 is 0. The smallest absolute Gasteiger partial charge is 0.258 e. The van der Waals surface area contributed by atoms with Crippen LogP contribution in [-0.4, -0.2) is 9.97 Å². The van der Waals surface area contributed by atoms with E-state index in [2.05, 4.69) is 23.8 Å². The number of aromatic nitrogens is 2. The van der Waals surface area contributed by atoms with E-state index < -0.39 is 0 Å². The fourth-order valence-electron chi connectivity index (χ4n) is 1.91. The first kappa shape index (κ1) is 10.9. The minimum Gasteiger partial charge on any atom is -0.310 e. The molecule has 0 amide bonds. The summed E-state index contributed by atoms with van der Waals surface area (Å²) in [6.07, 6.45) is 2.71. The number of hydrogen-bond donors (Lipinski definition) is 1. The predicted molar refractivity (Wildman–Crippen MR) is 65.7 cm³/mol. The van der Waals surface area contributed by atoms with E-state index in [1.165, 1.54) is 0 Å². The molecule has 0 fully saturated rings. The summed E-state index contributed by atoms with van der Waals surface area (Å²) in [6, 6.07) is 5.78. The Hall–Kier alpha value is -1.64. The predicted octanol–water partition coefficient (Wildman–Crippen LogP) is 2.44. The van der Waals surface area contributed by atoms with Gasteiger partial charge in [-0.2, -0.15) is 0 Å². The first-order chi connectivity index (χ1) is 7.76. The van der Waals surface area contributed by atoms with E-state index in [4.69, 9.17) is 0 Å². The number of benzene rings is 1. The van der Waals surface area contributed by atoms with E-state index in [0.29, 0.717) is 5.39 Å².